The minimum absolute atomic E-state index is 0. The van der Waals surface area contributed by atoms with Gasteiger partial charge in [0.2, 0.25) is 0 Å². The summed E-state index contributed by atoms with van der Waals surface area (Å²) >= 11 is 0. The van der Waals surface area contributed by atoms with Crippen LogP contribution in [0.25, 0.3) is 0 Å². The molecule has 0 radical (unpaired) electrons. The number of rotatable bonds is 0. The molecular weight excluding hydrogens is 122 g/mol. The lowest BCUT2D eigenvalue weighted by atomic mass is 9.90. The molecule has 1 unspecified atom stereocenters. The Morgan fingerprint density at radius 3 is 2.60 bits per heavy atom. The maximum absolute atomic E-state index is 3.71. The third kappa shape index (κ3) is 0.878. The van der Waals surface area contributed by atoms with Crippen molar-refractivity contribution in [2.45, 2.75) is 51.1 Å². The Morgan fingerprint density at radius 1 is 1.40 bits per heavy atom. The van der Waals surface area contributed by atoms with Gasteiger partial charge in [0.1, 0.15) is 0 Å². The summed E-state index contributed by atoms with van der Waals surface area (Å²) in [6.45, 7) is 6.98. The van der Waals surface area contributed by atoms with E-state index in [4.69, 9.17) is 0 Å². The summed E-state index contributed by atoms with van der Waals surface area (Å²) in [5.41, 5.74) is 0.934. The molecule has 1 heterocycles. The molecule has 1 aliphatic carbocycles. The van der Waals surface area contributed by atoms with E-state index in [1.165, 1.54) is 19.3 Å². The first-order valence-electron chi connectivity index (χ1n) is 4.31. The van der Waals surface area contributed by atoms with Gasteiger partial charge in [0.05, 0.1) is 0 Å². The van der Waals surface area contributed by atoms with Gasteiger partial charge in [0.15, 0.2) is 0 Å². The molecule has 1 heteroatoms. The highest BCUT2D eigenvalue weighted by atomic mass is 15.1. The molecule has 0 spiro atoms. The largest absolute Gasteiger partial charge is 0.306 e. The van der Waals surface area contributed by atoms with E-state index in [0.29, 0.717) is 11.1 Å². The number of hydrogen-bond donors (Lipinski definition) is 1. The van der Waals surface area contributed by atoms with Crippen molar-refractivity contribution in [3.8, 4) is 0 Å². The molecule has 0 amide bonds. The molecule has 2 atom stereocenters. The van der Waals surface area contributed by atoms with Crippen molar-refractivity contribution in [1.82, 2.24) is 5.32 Å². The van der Waals surface area contributed by atoms with E-state index >= 15 is 0 Å². The lowest BCUT2D eigenvalue weighted by Crippen LogP contribution is -2.50. The van der Waals surface area contributed by atoms with Crippen LogP contribution in [0.1, 0.15) is 41.5 Å². The van der Waals surface area contributed by atoms with Crippen LogP contribution >= 0.6 is 0 Å². The van der Waals surface area contributed by atoms with Crippen LogP contribution in [0.15, 0.2) is 0 Å². The fourth-order valence-electron chi connectivity index (χ4n) is 2.40. The fourth-order valence-corrected chi connectivity index (χ4v) is 2.40. The molecule has 2 fully saturated rings. The van der Waals surface area contributed by atoms with E-state index < -0.39 is 0 Å². The Bertz CT molecular complexity index is 164. The zero-order chi connectivity index (χ0) is 7.41. The Hall–Kier alpha value is -0.0400. The van der Waals surface area contributed by atoms with Gasteiger partial charge >= 0.3 is 0 Å². The SMILES string of the molecule is CC1(C)CC[C@H]2CC2(C)N1.[HH]. The van der Waals surface area contributed by atoms with Gasteiger partial charge in [-0.2, -0.15) is 0 Å². The summed E-state index contributed by atoms with van der Waals surface area (Å²) in [5.74, 6) is 1.00. The molecule has 1 aliphatic heterocycles. The molecule has 0 aromatic heterocycles. The van der Waals surface area contributed by atoms with Crippen LogP contribution in [0.3, 0.4) is 0 Å². The van der Waals surface area contributed by atoms with Crippen molar-refractivity contribution in [2.24, 2.45) is 5.92 Å². The highest BCUT2D eigenvalue weighted by Gasteiger charge is 2.54. The van der Waals surface area contributed by atoms with Crippen LogP contribution < -0.4 is 5.32 Å². The summed E-state index contributed by atoms with van der Waals surface area (Å²) in [6, 6.07) is 0. The van der Waals surface area contributed by atoms with Crippen molar-refractivity contribution >= 4 is 0 Å². The van der Waals surface area contributed by atoms with E-state index in [1.807, 2.05) is 0 Å². The minimum Gasteiger partial charge on any atom is -0.306 e. The molecule has 0 aromatic carbocycles. The van der Waals surface area contributed by atoms with E-state index in [0.717, 1.165) is 5.92 Å². The molecule has 10 heavy (non-hydrogen) atoms. The summed E-state index contributed by atoms with van der Waals surface area (Å²) in [4.78, 5) is 0. The third-order valence-electron chi connectivity index (χ3n) is 3.15. The Labute approximate surface area is 64.7 Å². The van der Waals surface area contributed by atoms with E-state index in [9.17, 15) is 0 Å². The molecule has 60 valence electrons. The molecular formula is C9H19N. The van der Waals surface area contributed by atoms with Gasteiger partial charge in [0.25, 0.3) is 0 Å². The normalized spacial score (nSPS) is 50.1. The highest BCUT2D eigenvalue weighted by Crippen LogP contribution is 2.51. The summed E-state index contributed by atoms with van der Waals surface area (Å²) in [5, 5.41) is 3.71. The topological polar surface area (TPSA) is 12.0 Å². The van der Waals surface area contributed by atoms with Crippen LogP contribution in [0.5, 0.6) is 0 Å². The summed E-state index contributed by atoms with van der Waals surface area (Å²) in [6.07, 6.45) is 4.21. The Morgan fingerprint density at radius 2 is 2.10 bits per heavy atom. The van der Waals surface area contributed by atoms with Gasteiger partial charge in [-0.05, 0) is 46.0 Å². The number of piperidine rings is 1. The minimum atomic E-state index is 0. The van der Waals surface area contributed by atoms with Gasteiger partial charge < -0.3 is 5.32 Å². The smallest absolute Gasteiger partial charge is 0.0190 e. The second-order valence-electron chi connectivity index (χ2n) is 4.87. The van der Waals surface area contributed by atoms with Crippen molar-refractivity contribution in [3.05, 3.63) is 0 Å². The maximum Gasteiger partial charge on any atom is 0.0190 e. The van der Waals surface area contributed by atoms with Gasteiger partial charge in [-0.15, -0.1) is 0 Å². The van der Waals surface area contributed by atoms with Crippen LogP contribution in [0.4, 0.5) is 0 Å². The monoisotopic (exact) mass is 141 g/mol. The lowest BCUT2D eigenvalue weighted by molar-refractivity contribution is 0.245. The summed E-state index contributed by atoms with van der Waals surface area (Å²) in [7, 11) is 0. The standard InChI is InChI=1S/C9H17N.H2/c1-8(2)5-4-7-6-9(7,3)10-8;/h7,10H,4-6H2,1-3H3;1H/t7-,9?;/m0./s1. The Balaban J connectivity index is 0.000000605. The first kappa shape index (κ1) is 6.66. The maximum atomic E-state index is 3.71. The average molecular weight is 141 g/mol. The molecule has 1 N–H and O–H groups in total. The highest BCUT2D eigenvalue weighted by molar-refractivity contribution is 5.13. The first-order chi connectivity index (χ1) is 4.52. The van der Waals surface area contributed by atoms with Gasteiger partial charge in [-0.25, -0.2) is 0 Å². The van der Waals surface area contributed by atoms with Gasteiger partial charge in [-0.3, -0.25) is 0 Å². The van der Waals surface area contributed by atoms with Crippen molar-refractivity contribution in [3.63, 3.8) is 0 Å². The molecule has 2 aliphatic rings. The molecule has 2 rings (SSSR count). The fraction of sp³-hybridized carbons (Fsp3) is 1.00. The first-order valence-corrected chi connectivity index (χ1v) is 4.31. The van der Waals surface area contributed by atoms with Crippen LogP contribution in [0, 0.1) is 5.92 Å². The zero-order valence-corrected chi connectivity index (χ0v) is 7.20. The van der Waals surface area contributed by atoms with Gasteiger partial charge in [0, 0.05) is 12.5 Å². The van der Waals surface area contributed by atoms with Gasteiger partial charge in [-0.1, -0.05) is 0 Å². The second kappa shape index (κ2) is 1.58. The Kier molecular flexibility index (Phi) is 1.05. The average Bonchev–Trinajstić information content (AvgIpc) is 2.35. The number of fused-ring (bicyclic) bond motifs is 1. The van der Waals surface area contributed by atoms with E-state index in [1.54, 1.807) is 0 Å². The molecule has 0 aromatic rings. The van der Waals surface area contributed by atoms with Crippen LogP contribution in [0.2, 0.25) is 0 Å². The zero-order valence-electron chi connectivity index (χ0n) is 7.20. The van der Waals surface area contributed by atoms with Crippen LogP contribution in [-0.2, 0) is 0 Å². The number of nitrogens with one attached hydrogen (secondary N) is 1. The van der Waals surface area contributed by atoms with Crippen molar-refractivity contribution < 1.29 is 1.43 Å². The van der Waals surface area contributed by atoms with Crippen molar-refractivity contribution in [2.75, 3.05) is 0 Å². The molecule has 0 bridgehead atoms. The van der Waals surface area contributed by atoms with E-state index in [-0.39, 0.29) is 1.43 Å². The van der Waals surface area contributed by atoms with Crippen molar-refractivity contribution in [1.29, 1.82) is 0 Å². The van der Waals surface area contributed by atoms with Crippen LogP contribution in [-0.4, -0.2) is 11.1 Å². The lowest BCUT2D eigenvalue weighted by Gasteiger charge is -2.35. The summed E-state index contributed by atoms with van der Waals surface area (Å²) < 4.78 is 0. The predicted molar refractivity (Wildman–Crippen MR) is 45.1 cm³/mol. The molecule has 1 nitrogen and oxygen atoms in total. The van der Waals surface area contributed by atoms with E-state index in [2.05, 4.69) is 26.1 Å². The molecule has 1 saturated heterocycles. The second-order valence-corrected chi connectivity index (χ2v) is 4.87. The molecule has 1 saturated carbocycles. The quantitative estimate of drug-likeness (QED) is 0.545. The predicted octanol–water partition coefficient (Wildman–Crippen LogP) is 2.17. The third-order valence-corrected chi connectivity index (χ3v) is 3.15. The number of hydrogen-bond acceptors (Lipinski definition) is 1.